The molecule has 4 aromatic rings. The zero-order valence-corrected chi connectivity index (χ0v) is 20.2. The molecule has 3 N–H and O–H groups in total. The Hall–Kier alpha value is -3.69. The van der Waals surface area contributed by atoms with Crippen LogP contribution in [0, 0.1) is 0 Å². The van der Waals surface area contributed by atoms with Crippen molar-refractivity contribution < 1.29 is 14.3 Å². The maximum Gasteiger partial charge on any atom is 0.261 e. The number of morpholine rings is 1. The predicted molar refractivity (Wildman–Crippen MR) is 138 cm³/mol. The number of amides is 2. The molecule has 0 bridgehead atoms. The van der Waals surface area contributed by atoms with Gasteiger partial charge < -0.3 is 20.3 Å². The molecule has 8 nitrogen and oxygen atoms in total. The summed E-state index contributed by atoms with van der Waals surface area (Å²) in [4.78, 5) is 29.2. The summed E-state index contributed by atoms with van der Waals surface area (Å²) in [6, 6.07) is 19.1. The van der Waals surface area contributed by atoms with E-state index in [0.717, 1.165) is 30.8 Å². The number of aromatic nitrogens is 2. The van der Waals surface area contributed by atoms with Gasteiger partial charge in [0, 0.05) is 24.3 Å². The number of hydrogen-bond acceptors (Lipinski definition) is 6. The van der Waals surface area contributed by atoms with Crippen molar-refractivity contribution in [3.05, 3.63) is 76.7 Å². The normalized spacial score (nSPS) is 14.6. The Bertz CT molecular complexity index is 1310. The first-order chi connectivity index (χ1) is 17.1. The number of rotatable bonds is 7. The molecular formula is C26H27N5O3S. The standard InChI is InChI=1S/C26H27N5O3S/c1-2-21(17-6-4-3-5-7-17)27-25(33)22-16-20-23(29-30-26(20)35-22)28-24(32)18-8-10-19(11-9-18)31-12-14-34-15-13-31/h3-11,16,21H,2,12-15H2,1H3,(H,27,33)(H2,28,29,30,32)/t21-/m1/s1. The average molecular weight is 490 g/mol. The third-order valence-corrected chi connectivity index (χ3v) is 7.16. The summed E-state index contributed by atoms with van der Waals surface area (Å²) < 4.78 is 5.40. The van der Waals surface area contributed by atoms with E-state index in [1.165, 1.54) is 11.3 Å². The van der Waals surface area contributed by atoms with Gasteiger partial charge >= 0.3 is 0 Å². The Balaban J connectivity index is 1.27. The second-order valence-corrected chi connectivity index (χ2v) is 9.40. The summed E-state index contributed by atoms with van der Waals surface area (Å²) in [5, 5.41) is 13.9. The zero-order chi connectivity index (χ0) is 24.2. The number of hydrogen-bond donors (Lipinski definition) is 3. The molecule has 1 atom stereocenters. The first kappa shape index (κ1) is 23.1. The van der Waals surface area contributed by atoms with Crippen LogP contribution in [0.3, 0.4) is 0 Å². The third kappa shape index (κ3) is 5.06. The van der Waals surface area contributed by atoms with E-state index in [0.29, 0.717) is 39.7 Å². The molecule has 35 heavy (non-hydrogen) atoms. The van der Waals surface area contributed by atoms with Crippen LogP contribution in [0.4, 0.5) is 11.5 Å². The number of carbonyl (C=O) groups excluding carboxylic acids is 2. The maximum absolute atomic E-state index is 12.9. The van der Waals surface area contributed by atoms with Gasteiger partial charge in [0.25, 0.3) is 11.8 Å². The molecule has 5 rings (SSSR count). The molecule has 1 aliphatic rings. The molecule has 2 aromatic carbocycles. The smallest absolute Gasteiger partial charge is 0.261 e. The molecule has 3 heterocycles. The minimum atomic E-state index is -0.239. The number of carbonyl (C=O) groups is 2. The van der Waals surface area contributed by atoms with Gasteiger partial charge in [0.2, 0.25) is 0 Å². The van der Waals surface area contributed by atoms with Crippen molar-refractivity contribution in [1.82, 2.24) is 15.5 Å². The molecular weight excluding hydrogens is 462 g/mol. The summed E-state index contributed by atoms with van der Waals surface area (Å²) in [5.41, 5.74) is 2.69. The maximum atomic E-state index is 12.9. The van der Waals surface area contributed by atoms with E-state index in [1.54, 1.807) is 6.07 Å². The largest absolute Gasteiger partial charge is 0.378 e. The van der Waals surface area contributed by atoms with Crippen LogP contribution in [0.5, 0.6) is 0 Å². The highest BCUT2D eigenvalue weighted by Crippen LogP contribution is 2.30. The second kappa shape index (κ2) is 10.3. The van der Waals surface area contributed by atoms with Gasteiger partial charge in [-0.2, -0.15) is 5.10 Å². The molecule has 2 amide bonds. The summed E-state index contributed by atoms with van der Waals surface area (Å²) in [6.07, 6.45) is 0.782. The van der Waals surface area contributed by atoms with Crippen LogP contribution in [0.15, 0.2) is 60.7 Å². The van der Waals surface area contributed by atoms with E-state index in [4.69, 9.17) is 4.74 Å². The van der Waals surface area contributed by atoms with Crippen molar-refractivity contribution in [1.29, 1.82) is 0 Å². The fraction of sp³-hybridized carbons (Fsp3) is 0.269. The Morgan fingerprint density at radius 2 is 1.83 bits per heavy atom. The predicted octanol–water partition coefficient (Wildman–Crippen LogP) is 4.59. The molecule has 0 saturated carbocycles. The number of ether oxygens (including phenoxy) is 1. The summed E-state index contributed by atoms with van der Waals surface area (Å²) in [6.45, 7) is 5.15. The second-order valence-electron chi connectivity index (χ2n) is 8.37. The molecule has 0 spiro atoms. The van der Waals surface area contributed by atoms with Crippen molar-refractivity contribution >= 4 is 44.9 Å². The highest BCUT2D eigenvalue weighted by molar-refractivity contribution is 7.20. The molecule has 1 saturated heterocycles. The number of benzene rings is 2. The summed E-state index contributed by atoms with van der Waals surface area (Å²) in [5.74, 6) is 0.0868. The lowest BCUT2D eigenvalue weighted by Crippen LogP contribution is -2.36. The van der Waals surface area contributed by atoms with Crippen molar-refractivity contribution in [2.75, 3.05) is 36.5 Å². The number of thiophene rings is 1. The lowest BCUT2D eigenvalue weighted by Gasteiger charge is -2.28. The molecule has 0 radical (unpaired) electrons. The van der Waals surface area contributed by atoms with E-state index < -0.39 is 0 Å². The number of fused-ring (bicyclic) bond motifs is 1. The van der Waals surface area contributed by atoms with Crippen molar-refractivity contribution in [3.63, 3.8) is 0 Å². The van der Waals surface area contributed by atoms with Crippen molar-refractivity contribution in [2.45, 2.75) is 19.4 Å². The third-order valence-electron chi connectivity index (χ3n) is 6.13. The van der Waals surface area contributed by atoms with Crippen LogP contribution in [0.1, 0.15) is 45.0 Å². The van der Waals surface area contributed by atoms with Crippen molar-refractivity contribution in [2.24, 2.45) is 0 Å². The first-order valence-corrected chi connectivity index (χ1v) is 12.5. The van der Waals surface area contributed by atoms with Gasteiger partial charge in [-0.15, -0.1) is 11.3 Å². The van der Waals surface area contributed by atoms with Crippen LogP contribution in [-0.4, -0.2) is 48.3 Å². The topological polar surface area (TPSA) is 99.4 Å². The van der Waals surface area contributed by atoms with Crippen LogP contribution < -0.4 is 15.5 Å². The van der Waals surface area contributed by atoms with Crippen LogP contribution >= 0.6 is 11.3 Å². The molecule has 0 aliphatic carbocycles. The summed E-state index contributed by atoms with van der Waals surface area (Å²) >= 11 is 1.29. The lowest BCUT2D eigenvalue weighted by molar-refractivity contribution is 0.0939. The number of aromatic amines is 1. The number of nitrogens with one attached hydrogen (secondary N) is 3. The molecule has 180 valence electrons. The Kier molecular flexibility index (Phi) is 6.78. The SMILES string of the molecule is CC[C@@H](NC(=O)c1cc2c(NC(=O)c3ccc(N4CCOCC4)cc3)[nH]nc2s1)c1ccccc1. The fourth-order valence-electron chi connectivity index (χ4n) is 4.18. The average Bonchev–Trinajstić information content (AvgIpc) is 3.50. The van der Waals surface area contributed by atoms with E-state index >= 15 is 0 Å². The molecule has 2 aromatic heterocycles. The van der Waals surface area contributed by atoms with Crippen LogP contribution in [-0.2, 0) is 4.74 Å². The molecule has 0 unspecified atom stereocenters. The Labute approximate surface area is 207 Å². The van der Waals surface area contributed by atoms with E-state index in [1.807, 2.05) is 61.5 Å². The fourth-order valence-corrected chi connectivity index (χ4v) is 5.08. The van der Waals surface area contributed by atoms with Crippen LogP contribution in [0.25, 0.3) is 10.2 Å². The van der Waals surface area contributed by atoms with E-state index in [9.17, 15) is 9.59 Å². The molecule has 9 heteroatoms. The van der Waals surface area contributed by atoms with Gasteiger partial charge in [-0.05, 0) is 42.3 Å². The van der Waals surface area contributed by atoms with Gasteiger partial charge in [0.15, 0.2) is 0 Å². The van der Waals surface area contributed by atoms with Gasteiger partial charge in [-0.3, -0.25) is 14.7 Å². The minimum absolute atomic E-state index is 0.0701. The van der Waals surface area contributed by atoms with Gasteiger partial charge in [0.05, 0.1) is 29.5 Å². The van der Waals surface area contributed by atoms with E-state index in [2.05, 4.69) is 25.7 Å². The first-order valence-electron chi connectivity index (χ1n) is 11.7. The zero-order valence-electron chi connectivity index (χ0n) is 19.4. The number of nitrogens with zero attached hydrogens (tertiary/aromatic N) is 2. The highest BCUT2D eigenvalue weighted by Gasteiger charge is 2.20. The lowest BCUT2D eigenvalue weighted by atomic mass is 10.0. The summed E-state index contributed by atoms with van der Waals surface area (Å²) in [7, 11) is 0. The monoisotopic (exact) mass is 489 g/mol. The Morgan fingerprint density at radius 3 is 2.54 bits per heavy atom. The van der Waals surface area contributed by atoms with Crippen molar-refractivity contribution in [3.8, 4) is 0 Å². The quantitative estimate of drug-likeness (QED) is 0.353. The Morgan fingerprint density at radius 1 is 1.09 bits per heavy atom. The number of H-pyrrole nitrogens is 1. The van der Waals surface area contributed by atoms with E-state index in [-0.39, 0.29) is 17.9 Å². The molecule has 1 fully saturated rings. The highest BCUT2D eigenvalue weighted by atomic mass is 32.1. The van der Waals surface area contributed by atoms with Gasteiger partial charge in [0.1, 0.15) is 10.6 Å². The van der Waals surface area contributed by atoms with Crippen LogP contribution in [0.2, 0.25) is 0 Å². The number of anilines is 2. The van der Waals surface area contributed by atoms with Gasteiger partial charge in [-0.1, -0.05) is 37.3 Å². The van der Waals surface area contributed by atoms with Gasteiger partial charge in [-0.25, -0.2) is 0 Å². The molecule has 1 aliphatic heterocycles. The minimum Gasteiger partial charge on any atom is -0.378 e.